The van der Waals surface area contributed by atoms with Crippen molar-refractivity contribution in [1.29, 1.82) is 0 Å². The molecule has 0 amide bonds. The summed E-state index contributed by atoms with van der Waals surface area (Å²) < 4.78 is 13.0. The number of nitrogens with zero attached hydrogens (tertiary/aromatic N) is 4. The monoisotopic (exact) mass is 282 g/mol. The number of benzene rings is 1. The fraction of sp³-hybridized carbons (Fsp3) is 0.267. The molecule has 21 heavy (non-hydrogen) atoms. The molecule has 6 nitrogen and oxygen atoms in total. The Morgan fingerprint density at radius 3 is 2.86 bits per heavy atom. The van der Waals surface area contributed by atoms with Crippen molar-refractivity contribution in [3.05, 3.63) is 53.5 Å². The number of aromatic nitrogens is 4. The number of ether oxygens (including phenoxy) is 1. The maximum absolute atomic E-state index is 5.92. The van der Waals surface area contributed by atoms with E-state index in [2.05, 4.69) is 27.4 Å². The summed E-state index contributed by atoms with van der Waals surface area (Å²) in [6.07, 6.45) is 0.0240. The van der Waals surface area contributed by atoms with E-state index < -0.39 is 0 Å². The zero-order chi connectivity index (χ0) is 14.2. The van der Waals surface area contributed by atoms with Crippen molar-refractivity contribution in [3.63, 3.8) is 0 Å². The van der Waals surface area contributed by atoms with E-state index >= 15 is 0 Å². The van der Waals surface area contributed by atoms with Crippen LogP contribution >= 0.6 is 0 Å². The molecule has 0 N–H and O–H groups in total. The highest BCUT2D eigenvalue weighted by atomic mass is 16.5. The highest BCUT2D eigenvalue weighted by molar-refractivity contribution is 5.47. The Morgan fingerprint density at radius 1 is 1.24 bits per heavy atom. The number of hydrogen-bond donors (Lipinski definition) is 0. The van der Waals surface area contributed by atoms with Gasteiger partial charge in [-0.05, 0) is 18.6 Å². The Bertz CT molecular complexity index is 763. The minimum atomic E-state index is 0.0240. The van der Waals surface area contributed by atoms with E-state index in [-0.39, 0.29) is 6.10 Å². The lowest BCUT2D eigenvalue weighted by Gasteiger charge is -2.24. The largest absolute Gasteiger partial charge is 0.365 e. The first-order chi connectivity index (χ1) is 10.3. The molecule has 0 spiro atoms. The van der Waals surface area contributed by atoms with Gasteiger partial charge in [-0.2, -0.15) is 10.1 Å². The molecule has 4 rings (SSSR count). The van der Waals surface area contributed by atoms with Crippen LogP contribution in [0.1, 0.15) is 23.2 Å². The predicted octanol–water partition coefficient (Wildman–Crippen LogP) is 2.51. The van der Waals surface area contributed by atoms with Gasteiger partial charge in [-0.25, -0.2) is 0 Å². The zero-order valence-electron chi connectivity index (χ0n) is 11.6. The summed E-state index contributed by atoms with van der Waals surface area (Å²) in [5.74, 6) is 1.06. The molecule has 1 aliphatic heterocycles. The van der Waals surface area contributed by atoms with E-state index in [1.807, 2.05) is 28.9 Å². The topological polar surface area (TPSA) is 66.0 Å². The Hall–Kier alpha value is -2.47. The molecule has 106 valence electrons. The Labute approximate surface area is 121 Å². The molecule has 0 saturated heterocycles. The van der Waals surface area contributed by atoms with Crippen molar-refractivity contribution >= 4 is 0 Å². The summed E-state index contributed by atoms with van der Waals surface area (Å²) in [7, 11) is 0. The molecule has 1 aromatic carbocycles. The van der Waals surface area contributed by atoms with Gasteiger partial charge >= 0.3 is 0 Å². The quantitative estimate of drug-likeness (QED) is 0.722. The third-order valence-electron chi connectivity index (χ3n) is 3.55. The third kappa shape index (κ3) is 2.23. The van der Waals surface area contributed by atoms with Crippen molar-refractivity contribution in [1.82, 2.24) is 19.9 Å². The van der Waals surface area contributed by atoms with Crippen molar-refractivity contribution in [3.8, 4) is 11.6 Å². The number of fused-ring (bicyclic) bond motifs is 1. The van der Waals surface area contributed by atoms with Gasteiger partial charge in [-0.1, -0.05) is 35.5 Å². The fourth-order valence-corrected chi connectivity index (χ4v) is 2.50. The van der Waals surface area contributed by atoms with Gasteiger partial charge in [0.2, 0.25) is 0 Å². The summed E-state index contributed by atoms with van der Waals surface area (Å²) in [6, 6.07) is 12.1. The normalized spacial score (nSPS) is 17.7. The van der Waals surface area contributed by atoms with Gasteiger partial charge in [0.05, 0.1) is 18.8 Å². The first-order valence-corrected chi connectivity index (χ1v) is 6.83. The van der Waals surface area contributed by atoms with Crippen molar-refractivity contribution in [2.24, 2.45) is 0 Å². The molecule has 1 atom stereocenters. The van der Waals surface area contributed by atoms with E-state index in [0.29, 0.717) is 30.6 Å². The Morgan fingerprint density at radius 2 is 2.10 bits per heavy atom. The van der Waals surface area contributed by atoms with E-state index in [1.165, 1.54) is 0 Å². The van der Waals surface area contributed by atoms with Gasteiger partial charge in [0.15, 0.2) is 11.5 Å². The highest BCUT2D eigenvalue weighted by Crippen LogP contribution is 2.28. The van der Waals surface area contributed by atoms with Gasteiger partial charge in [0, 0.05) is 0 Å². The molecule has 0 fully saturated rings. The second-order valence-electron chi connectivity index (χ2n) is 5.06. The summed E-state index contributed by atoms with van der Waals surface area (Å²) in [6.45, 7) is 3.00. The van der Waals surface area contributed by atoms with Crippen LogP contribution in [-0.2, 0) is 17.9 Å². The highest BCUT2D eigenvalue weighted by Gasteiger charge is 2.23. The van der Waals surface area contributed by atoms with Crippen LogP contribution in [0.5, 0.6) is 0 Å². The average Bonchev–Trinajstić information content (AvgIpc) is 3.13. The van der Waals surface area contributed by atoms with Crippen molar-refractivity contribution in [2.75, 3.05) is 0 Å². The van der Waals surface area contributed by atoms with E-state index in [0.717, 1.165) is 11.3 Å². The molecule has 0 saturated carbocycles. The molecule has 3 heterocycles. The van der Waals surface area contributed by atoms with Crippen LogP contribution in [-0.4, -0.2) is 19.9 Å². The number of hydrogen-bond acceptors (Lipinski definition) is 5. The standard InChI is InChI=1S/C15H14N4O2/c1-10-16-15(21-18-10)13-7-12-9-20-14(8-19(12)17-13)11-5-3-2-4-6-11/h2-7,14H,8-9H2,1H3/t14-/m1/s1. The van der Waals surface area contributed by atoms with Crippen LogP contribution in [0.25, 0.3) is 11.6 Å². The minimum absolute atomic E-state index is 0.0240. The Balaban J connectivity index is 1.63. The molecule has 0 aliphatic carbocycles. The second-order valence-corrected chi connectivity index (χ2v) is 5.06. The summed E-state index contributed by atoms with van der Waals surface area (Å²) in [5, 5.41) is 8.35. The summed E-state index contributed by atoms with van der Waals surface area (Å²) >= 11 is 0. The molecule has 1 aliphatic rings. The smallest absolute Gasteiger partial charge is 0.278 e. The Kier molecular flexibility index (Phi) is 2.82. The molecule has 3 aromatic rings. The van der Waals surface area contributed by atoms with Gasteiger partial charge in [-0.15, -0.1) is 0 Å². The average molecular weight is 282 g/mol. The predicted molar refractivity (Wildman–Crippen MR) is 74.2 cm³/mol. The van der Waals surface area contributed by atoms with Gasteiger partial charge in [0.25, 0.3) is 5.89 Å². The fourth-order valence-electron chi connectivity index (χ4n) is 2.50. The van der Waals surface area contributed by atoms with Crippen LogP contribution < -0.4 is 0 Å². The van der Waals surface area contributed by atoms with Crippen molar-refractivity contribution < 1.29 is 9.26 Å². The SMILES string of the molecule is Cc1noc(-c2cc3n(n2)C[C@H](c2ccccc2)OC3)n1. The van der Waals surface area contributed by atoms with Crippen LogP contribution in [0.4, 0.5) is 0 Å². The molecule has 6 heteroatoms. The number of aryl methyl sites for hydroxylation is 1. The first kappa shape index (κ1) is 12.3. The van der Waals surface area contributed by atoms with Crippen LogP contribution in [0, 0.1) is 6.92 Å². The van der Waals surface area contributed by atoms with E-state index in [4.69, 9.17) is 9.26 Å². The molecule has 0 bridgehead atoms. The van der Waals surface area contributed by atoms with Gasteiger partial charge < -0.3 is 9.26 Å². The van der Waals surface area contributed by atoms with Gasteiger partial charge in [-0.3, -0.25) is 4.68 Å². The molecular weight excluding hydrogens is 268 g/mol. The van der Waals surface area contributed by atoms with Crippen LogP contribution in [0.3, 0.4) is 0 Å². The zero-order valence-corrected chi connectivity index (χ0v) is 11.6. The van der Waals surface area contributed by atoms with Crippen LogP contribution in [0.2, 0.25) is 0 Å². The lowest BCUT2D eigenvalue weighted by atomic mass is 10.1. The van der Waals surface area contributed by atoms with Crippen LogP contribution in [0.15, 0.2) is 40.9 Å². The third-order valence-corrected chi connectivity index (χ3v) is 3.55. The first-order valence-electron chi connectivity index (χ1n) is 6.83. The maximum atomic E-state index is 5.92. The second kappa shape index (κ2) is 4.82. The van der Waals surface area contributed by atoms with Crippen molar-refractivity contribution in [2.45, 2.75) is 26.2 Å². The summed E-state index contributed by atoms with van der Waals surface area (Å²) in [4.78, 5) is 4.21. The lowest BCUT2D eigenvalue weighted by molar-refractivity contribution is -0.00113. The lowest BCUT2D eigenvalue weighted by Crippen LogP contribution is -2.21. The van der Waals surface area contributed by atoms with Gasteiger partial charge in [0.1, 0.15) is 6.10 Å². The summed E-state index contributed by atoms with van der Waals surface area (Å²) in [5.41, 5.74) is 2.88. The molecule has 0 radical (unpaired) electrons. The molecule has 2 aromatic heterocycles. The maximum Gasteiger partial charge on any atom is 0.278 e. The van der Waals surface area contributed by atoms with E-state index in [1.54, 1.807) is 6.92 Å². The minimum Gasteiger partial charge on any atom is -0.365 e. The number of rotatable bonds is 2. The molecule has 0 unspecified atom stereocenters. The van der Waals surface area contributed by atoms with E-state index in [9.17, 15) is 0 Å². The molecular formula is C15H14N4O2.